The minimum absolute atomic E-state index is 0.157. The Labute approximate surface area is 186 Å². The van der Waals surface area contributed by atoms with E-state index in [2.05, 4.69) is 5.32 Å². The number of ether oxygens (including phenoxy) is 2. The fourth-order valence-electron chi connectivity index (χ4n) is 4.11. The van der Waals surface area contributed by atoms with E-state index in [1.807, 2.05) is 30.3 Å². The van der Waals surface area contributed by atoms with Crippen molar-refractivity contribution in [1.29, 1.82) is 0 Å². The summed E-state index contributed by atoms with van der Waals surface area (Å²) in [5, 5.41) is 13.6. The number of hydrogen-bond donors (Lipinski definition) is 2. The quantitative estimate of drug-likeness (QED) is 0.521. The number of aliphatic hydroxyl groups is 1. The molecule has 0 spiro atoms. The van der Waals surface area contributed by atoms with Gasteiger partial charge in [0.1, 0.15) is 29.5 Å². The van der Waals surface area contributed by atoms with Crippen molar-refractivity contribution in [2.24, 2.45) is 0 Å². The van der Waals surface area contributed by atoms with Gasteiger partial charge in [0.05, 0.1) is 17.7 Å². The Bertz CT molecular complexity index is 1080. The normalized spacial score (nSPS) is 16.4. The monoisotopic (exact) mass is 437 g/mol. The Morgan fingerprint density at radius 2 is 1.97 bits per heavy atom. The molecule has 0 bridgehead atoms. The fourth-order valence-corrected chi connectivity index (χ4v) is 4.11. The van der Waals surface area contributed by atoms with Crippen LogP contribution in [0.15, 0.2) is 52.9 Å². The van der Waals surface area contributed by atoms with Gasteiger partial charge in [-0.05, 0) is 43.5 Å². The van der Waals surface area contributed by atoms with Crippen LogP contribution in [0.2, 0.25) is 0 Å². The Balaban J connectivity index is 1.63. The fraction of sp³-hybridized carbons (Fsp3) is 0.360. The van der Waals surface area contributed by atoms with E-state index in [1.54, 1.807) is 25.1 Å². The van der Waals surface area contributed by atoms with Gasteiger partial charge in [0, 0.05) is 25.0 Å². The SMILES string of the molecule is Cc1oc2ccc(OC(CC=O)c3ccccc3)cc2c1C(=O)NC1(CO)CCOCC1. The van der Waals surface area contributed by atoms with Gasteiger partial charge in [0.2, 0.25) is 0 Å². The number of fused-ring (bicyclic) bond motifs is 1. The third-order valence-corrected chi connectivity index (χ3v) is 5.95. The maximum absolute atomic E-state index is 13.2. The van der Waals surface area contributed by atoms with Crippen molar-refractivity contribution in [3.05, 3.63) is 65.4 Å². The van der Waals surface area contributed by atoms with Crippen molar-refractivity contribution in [1.82, 2.24) is 5.32 Å². The van der Waals surface area contributed by atoms with Gasteiger partial charge in [-0.2, -0.15) is 0 Å². The van der Waals surface area contributed by atoms with E-state index < -0.39 is 11.6 Å². The van der Waals surface area contributed by atoms with E-state index in [1.165, 1.54) is 0 Å². The van der Waals surface area contributed by atoms with Gasteiger partial charge in [-0.15, -0.1) is 0 Å². The van der Waals surface area contributed by atoms with Gasteiger partial charge in [-0.25, -0.2) is 0 Å². The summed E-state index contributed by atoms with van der Waals surface area (Å²) in [5.74, 6) is 0.718. The molecule has 32 heavy (non-hydrogen) atoms. The molecule has 4 rings (SSSR count). The van der Waals surface area contributed by atoms with Crippen molar-refractivity contribution in [3.63, 3.8) is 0 Å². The molecule has 1 atom stereocenters. The summed E-state index contributed by atoms with van der Waals surface area (Å²) >= 11 is 0. The standard InChI is InChI=1S/C25H27NO6/c1-17-23(24(29)26-25(16-28)10-13-30-14-11-25)20-15-19(7-8-22(20)31-17)32-21(9-12-27)18-5-3-2-4-6-18/h2-8,12,15,21,28H,9-11,13-14,16H2,1H3,(H,26,29). The van der Waals surface area contributed by atoms with Crippen LogP contribution in [-0.2, 0) is 9.53 Å². The average Bonchev–Trinajstić information content (AvgIpc) is 3.15. The second kappa shape index (κ2) is 9.54. The molecule has 0 saturated carbocycles. The zero-order valence-corrected chi connectivity index (χ0v) is 18.0. The number of furan rings is 1. The Hall–Kier alpha value is -3.16. The molecular formula is C25H27NO6. The van der Waals surface area contributed by atoms with Crippen LogP contribution in [0.5, 0.6) is 5.75 Å². The predicted molar refractivity (Wildman–Crippen MR) is 119 cm³/mol. The summed E-state index contributed by atoms with van der Waals surface area (Å²) in [6, 6.07) is 14.8. The Kier molecular flexibility index (Phi) is 6.58. The summed E-state index contributed by atoms with van der Waals surface area (Å²) in [4.78, 5) is 24.4. The molecule has 3 aromatic rings. The number of rotatable bonds is 8. The van der Waals surface area contributed by atoms with Crippen LogP contribution in [-0.4, -0.2) is 42.7 Å². The van der Waals surface area contributed by atoms with E-state index in [0.29, 0.717) is 54.1 Å². The van der Waals surface area contributed by atoms with Gasteiger partial charge < -0.3 is 29.1 Å². The van der Waals surface area contributed by atoms with Crippen molar-refractivity contribution in [2.45, 2.75) is 37.8 Å². The van der Waals surface area contributed by atoms with E-state index >= 15 is 0 Å². The molecule has 168 valence electrons. The maximum Gasteiger partial charge on any atom is 0.255 e. The van der Waals surface area contributed by atoms with Gasteiger partial charge in [-0.3, -0.25) is 4.79 Å². The largest absolute Gasteiger partial charge is 0.485 e. The number of nitrogens with one attached hydrogen (secondary N) is 1. The topological polar surface area (TPSA) is 98.0 Å². The van der Waals surface area contributed by atoms with Gasteiger partial charge in [0.15, 0.2) is 0 Å². The van der Waals surface area contributed by atoms with Crippen LogP contribution in [0.3, 0.4) is 0 Å². The molecule has 1 fully saturated rings. The van der Waals surface area contributed by atoms with E-state index in [-0.39, 0.29) is 18.9 Å². The van der Waals surface area contributed by atoms with Crippen molar-refractivity contribution in [3.8, 4) is 5.75 Å². The average molecular weight is 437 g/mol. The highest BCUT2D eigenvalue weighted by molar-refractivity contribution is 6.07. The first kappa shape index (κ1) is 22.0. The van der Waals surface area contributed by atoms with Crippen LogP contribution < -0.4 is 10.1 Å². The Morgan fingerprint density at radius 1 is 1.22 bits per heavy atom. The lowest BCUT2D eigenvalue weighted by Gasteiger charge is -2.36. The smallest absolute Gasteiger partial charge is 0.255 e. The minimum atomic E-state index is -0.707. The molecule has 1 aliphatic heterocycles. The van der Waals surface area contributed by atoms with Crippen molar-refractivity contribution >= 4 is 23.2 Å². The summed E-state index contributed by atoms with van der Waals surface area (Å²) < 4.78 is 17.3. The molecule has 7 heteroatoms. The first-order valence-electron chi connectivity index (χ1n) is 10.7. The van der Waals surface area contributed by atoms with Crippen molar-refractivity contribution in [2.75, 3.05) is 19.8 Å². The highest BCUT2D eigenvalue weighted by Crippen LogP contribution is 2.32. The number of aliphatic hydroxyl groups excluding tert-OH is 1. The molecule has 1 unspecified atom stereocenters. The van der Waals surface area contributed by atoms with Crippen molar-refractivity contribution < 1.29 is 28.6 Å². The van der Waals surface area contributed by atoms with Crippen LogP contribution in [0, 0.1) is 6.92 Å². The maximum atomic E-state index is 13.2. The molecule has 1 aromatic heterocycles. The second-order valence-corrected chi connectivity index (χ2v) is 8.12. The minimum Gasteiger partial charge on any atom is -0.485 e. The molecule has 0 aliphatic carbocycles. The molecule has 2 N–H and O–H groups in total. The molecule has 1 saturated heterocycles. The number of carbonyl (C=O) groups excluding carboxylic acids is 2. The summed E-state index contributed by atoms with van der Waals surface area (Å²) in [6.45, 7) is 2.56. The lowest BCUT2D eigenvalue weighted by atomic mass is 9.90. The second-order valence-electron chi connectivity index (χ2n) is 8.12. The van der Waals surface area contributed by atoms with Crippen LogP contribution >= 0.6 is 0 Å². The predicted octanol–water partition coefficient (Wildman–Crippen LogP) is 3.72. The first-order chi connectivity index (χ1) is 15.5. The molecule has 0 radical (unpaired) electrons. The molecule has 2 heterocycles. The highest BCUT2D eigenvalue weighted by atomic mass is 16.5. The zero-order valence-electron chi connectivity index (χ0n) is 18.0. The molecule has 1 amide bonds. The zero-order chi connectivity index (χ0) is 22.6. The molecule has 7 nitrogen and oxygen atoms in total. The first-order valence-corrected chi connectivity index (χ1v) is 10.7. The summed E-state index contributed by atoms with van der Waals surface area (Å²) in [7, 11) is 0. The number of aldehydes is 1. The molecular weight excluding hydrogens is 410 g/mol. The third-order valence-electron chi connectivity index (χ3n) is 5.95. The van der Waals surface area contributed by atoms with Crippen LogP contribution in [0.1, 0.15) is 47.0 Å². The van der Waals surface area contributed by atoms with Crippen LogP contribution in [0.4, 0.5) is 0 Å². The number of hydrogen-bond acceptors (Lipinski definition) is 6. The molecule has 1 aliphatic rings. The van der Waals surface area contributed by atoms with E-state index in [0.717, 1.165) is 11.8 Å². The van der Waals surface area contributed by atoms with Gasteiger partial charge in [-0.1, -0.05) is 30.3 Å². The summed E-state index contributed by atoms with van der Waals surface area (Å²) in [5.41, 5.74) is 1.17. The number of amides is 1. The Morgan fingerprint density at radius 3 is 2.66 bits per heavy atom. The van der Waals surface area contributed by atoms with Crippen LogP contribution in [0.25, 0.3) is 11.0 Å². The number of carbonyl (C=O) groups is 2. The highest BCUT2D eigenvalue weighted by Gasteiger charge is 2.35. The number of benzene rings is 2. The lowest BCUT2D eigenvalue weighted by Crippen LogP contribution is -2.54. The van der Waals surface area contributed by atoms with E-state index in [4.69, 9.17) is 13.9 Å². The summed E-state index contributed by atoms with van der Waals surface area (Å²) in [6.07, 6.45) is 1.70. The molecule has 2 aromatic carbocycles. The van der Waals surface area contributed by atoms with Gasteiger partial charge in [0.25, 0.3) is 5.91 Å². The lowest BCUT2D eigenvalue weighted by molar-refractivity contribution is -0.109. The van der Waals surface area contributed by atoms with Gasteiger partial charge >= 0.3 is 0 Å². The third kappa shape index (κ3) is 4.54. The number of aryl methyl sites for hydroxylation is 1. The van der Waals surface area contributed by atoms with E-state index in [9.17, 15) is 14.7 Å².